The summed E-state index contributed by atoms with van der Waals surface area (Å²) in [6.07, 6.45) is 12.8. The van der Waals surface area contributed by atoms with Crippen LogP contribution in [0.15, 0.2) is 28.8 Å². The summed E-state index contributed by atoms with van der Waals surface area (Å²) in [6.45, 7) is 2.24. The number of aliphatic imine (C=N–C) groups is 1. The standard InChI is InChI=1S/C18H25NO3S/c1-13-3-2-4-16-11-19-17(20)9-14(10-18(21)22-12-23)6-8-15(16)7-5-13/h2,4,7,11,13-14,16,23H,3,5-6,8-10,12H2,1H3/b4-2?,15-7?,19-11+. The van der Waals surface area contributed by atoms with Crippen LogP contribution in [-0.2, 0) is 14.3 Å². The summed E-state index contributed by atoms with van der Waals surface area (Å²) >= 11 is 3.89. The molecular formula is C18H25NO3S. The van der Waals surface area contributed by atoms with Crippen molar-refractivity contribution in [3.05, 3.63) is 23.8 Å². The Balaban J connectivity index is 2.11. The predicted octanol–water partition coefficient (Wildman–Crippen LogP) is 3.73. The highest BCUT2D eigenvalue weighted by molar-refractivity contribution is 7.80. The first-order valence-corrected chi connectivity index (χ1v) is 8.90. The molecule has 0 bridgehead atoms. The quantitative estimate of drug-likeness (QED) is 0.370. The van der Waals surface area contributed by atoms with E-state index in [1.165, 1.54) is 5.57 Å². The molecule has 0 spiro atoms. The molecule has 0 N–H and O–H groups in total. The molecule has 2 aliphatic rings. The molecule has 0 aromatic carbocycles. The average Bonchev–Trinajstić information content (AvgIpc) is 2.54. The topological polar surface area (TPSA) is 55.7 Å². The van der Waals surface area contributed by atoms with Crippen LogP contribution >= 0.6 is 12.6 Å². The predicted molar refractivity (Wildman–Crippen MR) is 94.5 cm³/mol. The number of ether oxygens (including phenoxy) is 1. The summed E-state index contributed by atoms with van der Waals surface area (Å²) in [5.74, 6) is 0.352. The van der Waals surface area contributed by atoms with Crippen LogP contribution in [0.2, 0.25) is 0 Å². The number of fused-ring (bicyclic) bond motifs is 1. The molecule has 4 nitrogen and oxygen atoms in total. The number of hydrogen-bond acceptors (Lipinski definition) is 4. The van der Waals surface area contributed by atoms with Gasteiger partial charge in [0.05, 0.1) is 0 Å². The van der Waals surface area contributed by atoms with E-state index in [2.05, 4.69) is 42.8 Å². The van der Waals surface area contributed by atoms with Gasteiger partial charge in [-0.1, -0.05) is 30.7 Å². The van der Waals surface area contributed by atoms with E-state index in [1.54, 1.807) is 6.21 Å². The van der Waals surface area contributed by atoms with Gasteiger partial charge in [-0.3, -0.25) is 9.59 Å². The molecule has 0 radical (unpaired) electrons. The number of carbonyl (C=O) groups is 2. The first-order valence-electron chi connectivity index (χ1n) is 8.27. The second kappa shape index (κ2) is 9.06. The lowest BCUT2D eigenvalue weighted by Crippen LogP contribution is -2.14. The van der Waals surface area contributed by atoms with Crippen molar-refractivity contribution in [2.24, 2.45) is 22.7 Å². The van der Waals surface area contributed by atoms with Crippen molar-refractivity contribution in [1.82, 2.24) is 0 Å². The Morgan fingerprint density at radius 2 is 2.26 bits per heavy atom. The highest BCUT2D eigenvalue weighted by Gasteiger charge is 2.22. The lowest BCUT2D eigenvalue weighted by molar-refractivity contribution is -0.142. The SMILES string of the molecule is CC1CC=CC2/C=N/C(=O)CC(CC(=O)OCS)CCC2=CC1. The van der Waals surface area contributed by atoms with E-state index < -0.39 is 0 Å². The Kier molecular flexibility index (Phi) is 7.09. The van der Waals surface area contributed by atoms with E-state index in [4.69, 9.17) is 4.74 Å². The summed E-state index contributed by atoms with van der Waals surface area (Å²) in [5, 5.41) is 0. The van der Waals surface area contributed by atoms with Gasteiger partial charge in [0.25, 0.3) is 0 Å². The number of carbonyl (C=O) groups excluding carboxylic acids is 2. The second-order valence-corrected chi connectivity index (χ2v) is 6.70. The number of hydrogen-bond donors (Lipinski definition) is 1. The Morgan fingerprint density at radius 1 is 1.43 bits per heavy atom. The molecule has 1 aliphatic carbocycles. The molecule has 0 fully saturated rings. The summed E-state index contributed by atoms with van der Waals surface area (Å²) in [4.78, 5) is 27.8. The third-order valence-electron chi connectivity index (χ3n) is 4.46. The van der Waals surface area contributed by atoms with Crippen LogP contribution in [0.25, 0.3) is 0 Å². The van der Waals surface area contributed by atoms with Crippen LogP contribution in [0.1, 0.15) is 45.4 Å². The number of esters is 1. The zero-order valence-corrected chi connectivity index (χ0v) is 14.5. The molecule has 0 saturated heterocycles. The zero-order valence-electron chi connectivity index (χ0n) is 13.6. The number of amides is 1. The van der Waals surface area contributed by atoms with Gasteiger partial charge < -0.3 is 4.74 Å². The Morgan fingerprint density at radius 3 is 3.04 bits per heavy atom. The lowest BCUT2D eigenvalue weighted by atomic mass is 9.86. The molecule has 2 rings (SSSR count). The van der Waals surface area contributed by atoms with E-state index in [-0.39, 0.29) is 36.1 Å². The molecule has 1 amide bonds. The Bertz CT molecular complexity index is 524. The van der Waals surface area contributed by atoms with Gasteiger partial charge in [-0.25, -0.2) is 4.99 Å². The normalized spacial score (nSPS) is 29.9. The van der Waals surface area contributed by atoms with Crippen molar-refractivity contribution in [1.29, 1.82) is 0 Å². The molecule has 0 aromatic rings. The van der Waals surface area contributed by atoms with Gasteiger partial charge in [-0.15, -0.1) is 12.6 Å². The smallest absolute Gasteiger partial charge is 0.306 e. The van der Waals surface area contributed by atoms with Crippen LogP contribution in [0.3, 0.4) is 0 Å². The minimum atomic E-state index is -0.294. The molecule has 3 unspecified atom stereocenters. The van der Waals surface area contributed by atoms with Gasteiger partial charge in [0, 0.05) is 25.0 Å². The maximum atomic E-state index is 12.0. The molecule has 126 valence electrons. The first kappa shape index (κ1) is 18.0. The van der Waals surface area contributed by atoms with Crippen molar-refractivity contribution in [3.8, 4) is 0 Å². The van der Waals surface area contributed by atoms with Crippen molar-refractivity contribution >= 4 is 30.7 Å². The molecule has 23 heavy (non-hydrogen) atoms. The van der Waals surface area contributed by atoms with E-state index in [1.807, 2.05) is 0 Å². The zero-order chi connectivity index (χ0) is 16.7. The molecule has 0 aromatic heterocycles. The van der Waals surface area contributed by atoms with Crippen molar-refractivity contribution < 1.29 is 14.3 Å². The second-order valence-electron chi connectivity index (χ2n) is 6.44. The summed E-state index contributed by atoms with van der Waals surface area (Å²) in [5.41, 5.74) is 1.30. The fourth-order valence-electron chi connectivity index (χ4n) is 3.06. The van der Waals surface area contributed by atoms with E-state index in [0.717, 1.165) is 25.7 Å². The molecular weight excluding hydrogens is 310 g/mol. The largest absolute Gasteiger partial charge is 0.455 e. The highest BCUT2D eigenvalue weighted by atomic mass is 32.1. The monoisotopic (exact) mass is 335 g/mol. The van der Waals surface area contributed by atoms with Crippen LogP contribution in [-0.4, -0.2) is 24.0 Å². The Hall–Kier alpha value is -1.36. The van der Waals surface area contributed by atoms with Crippen LogP contribution in [0, 0.1) is 17.8 Å². The maximum absolute atomic E-state index is 12.0. The molecule has 0 saturated carbocycles. The van der Waals surface area contributed by atoms with Crippen molar-refractivity contribution in [3.63, 3.8) is 0 Å². The van der Waals surface area contributed by atoms with E-state index in [0.29, 0.717) is 12.3 Å². The third-order valence-corrected chi connectivity index (χ3v) is 4.59. The Labute approximate surface area is 143 Å². The fourth-order valence-corrected chi connectivity index (χ4v) is 3.20. The average molecular weight is 335 g/mol. The summed E-state index contributed by atoms with van der Waals surface area (Å²) < 4.78 is 4.89. The fraction of sp³-hybridized carbons (Fsp3) is 0.611. The minimum Gasteiger partial charge on any atom is -0.455 e. The van der Waals surface area contributed by atoms with Crippen molar-refractivity contribution in [2.45, 2.75) is 45.4 Å². The highest BCUT2D eigenvalue weighted by Crippen LogP contribution is 2.29. The van der Waals surface area contributed by atoms with Crippen LogP contribution < -0.4 is 0 Å². The maximum Gasteiger partial charge on any atom is 0.306 e. The number of allylic oxidation sites excluding steroid dienone is 4. The third kappa shape index (κ3) is 5.98. The van der Waals surface area contributed by atoms with Gasteiger partial charge in [0.1, 0.15) is 5.94 Å². The number of nitrogens with zero attached hydrogens (tertiary/aromatic N) is 1. The van der Waals surface area contributed by atoms with Gasteiger partial charge in [0.2, 0.25) is 5.91 Å². The number of rotatable bonds is 3. The van der Waals surface area contributed by atoms with Crippen molar-refractivity contribution in [2.75, 3.05) is 5.94 Å². The van der Waals surface area contributed by atoms with Gasteiger partial charge in [-0.2, -0.15) is 0 Å². The van der Waals surface area contributed by atoms with Crippen LogP contribution in [0.5, 0.6) is 0 Å². The molecule has 3 atom stereocenters. The summed E-state index contributed by atoms with van der Waals surface area (Å²) in [6, 6.07) is 0. The number of thiol groups is 1. The molecule has 1 heterocycles. The van der Waals surface area contributed by atoms with E-state index >= 15 is 0 Å². The van der Waals surface area contributed by atoms with Crippen LogP contribution in [0.4, 0.5) is 0 Å². The van der Waals surface area contributed by atoms with Gasteiger partial charge >= 0.3 is 5.97 Å². The van der Waals surface area contributed by atoms with Gasteiger partial charge in [-0.05, 0) is 37.5 Å². The minimum absolute atomic E-state index is 0.0153. The van der Waals surface area contributed by atoms with E-state index in [9.17, 15) is 9.59 Å². The lowest BCUT2D eigenvalue weighted by Gasteiger charge is -2.19. The summed E-state index contributed by atoms with van der Waals surface area (Å²) in [7, 11) is 0. The molecule has 1 aliphatic heterocycles. The van der Waals surface area contributed by atoms with Gasteiger partial charge in [0.15, 0.2) is 0 Å². The molecule has 5 heteroatoms. The first-order chi connectivity index (χ1) is 11.1.